The third-order valence-electron chi connectivity index (χ3n) is 4.47. The van der Waals surface area contributed by atoms with Crippen LogP contribution in [0.2, 0.25) is 0 Å². The second kappa shape index (κ2) is 6.11. The second-order valence-electron chi connectivity index (χ2n) is 6.21. The van der Waals surface area contributed by atoms with E-state index >= 15 is 0 Å². The van der Waals surface area contributed by atoms with Crippen LogP contribution in [0, 0.1) is 0 Å². The van der Waals surface area contributed by atoms with Crippen LogP contribution < -0.4 is 11.3 Å². The molecule has 1 aromatic carbocycles. The van der Waals surface area contributed by atoms with Gasteiger partial charge in [0.15, 0.2) is 0 Å². The average Bonchev–Trinajstić information content (AvgIpc) is 2.93. The summed E-state index contributed by atoms with van der Waals surface area (Å²) in [6.07, 6.45) is 3.97. The van der Waals surface area contributed by atoms with Gasteiger partial charge in [-0.25, -0.2) is 4.68 Å². The number of pyridine rings is 1. The first kappa shape index (κ1) is 16.0. The van der Waals surface area contributed by atoms with Gasteiger partial charge in [-0.15, -0.1) is 0 Å². The Labute approximate surface area is 148 Å². The molecule has 1 amide bonds. The first-order chi connectivity index (χ1) is 12.6. The number of para-hydroxylation sites is 1. The molecule has 2 N–H and O–H groups in total. The number of carbonyl (C=O) groups is 1. The van der Waals surface area contributed by atoms with E-state index in [-0.39, 0.29) is 12.1 Å². The Bertz CT molecular complexity index is 1190. The van der Waals surface area contributed by atoms with Gasteiger partial charge in [-0.1, -0.05) is 24.3 Å². The molecule has 0 saturated heterocycles. The molecule has 3 aromatic heterocycles. The molecular formula is C19H17N5O2. The standard InChI is InChI=1S/C19H17N5O2/c1-23-15-7-3-2-6-13(15)17-14(9-12-5-4-8-21-10-12)22-24(11-16(20)25)19(26)18(17)23/h2-8,10H,9,11H2,1H3,(H2,20,25). The van der Waals surface area contributed by atoms with E-state index in [1.54, 1.807) is 12.4 Å². The minimum Gasteiger partial charge on any atom is -0.368 e. The van der Waals surface area contributed by atoms with Crippen LogP contribution in [0.4, 0.5) is 0 Å². The van der Waals surface area contributed by atoms with E-state index < -0.39 is 5.91 Å². The molecule has 4 aromatic rings. The van der Waals surface area contributed by atoms with E-state index in [1.807, 2.05) is 48.0 Å². The lowest BCUT2D eigenvalue weighted by molar-refractivity contribution is -0.118. The molecule has 0 fully saturated rings. The maximum Gasteiger partial charge on any atom is 0.291 e. The molecular weight excluding hydrogens is 330 g/mol. The molecule has 26 heavy (non-hydrogen) atoms. The molecule has 130 valence electrons. The summed E-state index contributed by atoms with van der Waals surface area (Å²) in [4.78, 5) is 28.4. The van der Waals surface area contributed by atoms with E-state index in [0.29, 0.717) is 17.6 Å². The van der Waals surface area contributed by atoms with Crippen LogP contribution >= 0.6 is 0 Å². The highest BCUT2D eigenvalue weighted by molar-refractivity contribution is 6.08. The zero-order valence-corrected chi connectivity index (χ0v) is 14.2. The van der Waals surface area contributed by atoms with Gasteiger partial charge in [0.2, 0.25) is 5.91 Å². The van der Waals surface area contributed by atoms with Gasteiger partial charge in [-0.3, -0.25) is 14.6 Å². The number of amides is 1. The number of benzene rings is 1. The Morgan fingerprint density at radius 1 is 1.19 bits per heavy atom. The highest BCUT2D eigenvalue weighted by Crippen LogP contribution is 2.28. The van der Waals surface area contributed by atoms with Crippen molar-refractivity contribution in [3.8, 4) is 0 Å². The number of hydrogen-bond acceptors (Lipinski definition) is 4. The van der Waals surface area contributed by atoms with Crippen molar-refractivity contribution in [1.29, 1.82) is 0 Å². The summed E-state index contributed by atoms with van der Waals surface area (Å²) in [7, 11) is 1.84. The number of carbonyl (C=O) groups excluding carboxylic acids is 1. The predicted molar refractivity (Wildman–Crippen MR) is 98.7 cm³/mol. The average molecular weight is 347 g/mol. The summed E-state index contributed by atoms with van der Waals surface area (Å²) in [5.74, 6) is -0.606. The van der Waals surface area contributed by atoms with Gasteiger partial charge >= 0.3 is 0 Å². The summed E-state index contributed by atoms with van der Waals surface area (Å²) in [5, 5.41) is 6.22. The van der Waals surface area contributed by atoms with E-state index in [9.17, 15) is 9.59 Å². The number of nitrogens with zero attached hydrogens (tertiary/aromatic N) is 4. The lowest BCUT2D eigenvalue weighted by atomic mass is 10.1. The number of primary amides is 1. The number of aromatic nitrogens is 4. The molecule has 4 rings (SSSR count). The Morgan fingerprint density at radius 3 is 2.73 bits per heavy atom. The van der Waals surface area contributed by atoms with E-state index in [4.69, 9.17) is 5.73 Å². The lowest BCUT2D eigenvalue weighted by Gasteiger charge is -2.09. The molecule has 0 aliphatic rings. The summed E-state index contributed by atoms with van der Waals surface area (Å²) in [6.45, 7) is -0.254. The van der Waals surface area contributed by atoms with Crippen molar-refractivity contribution in [2.24, 2.45) is 12.8 Å². The highest BCUT2D eigenvalue weighted by Gasteiger charge is 2.19. The van der Waals surface area contributed by atoms with E-state index in [2.05, 4.69) is 10.1 Å². The van der Waals surface area contributed by atoms with Crippen LogP contribution in [0.1, 0.15) is 11.3 Å². The van der Waals surface area contributed by atoms with Crippen molar-refractivity contribution in [2.75, 3.05) is 0 Å². The summed E-state index contributed by atoms with van der Waals surface area (Å²) < 4.78 is 2.99. The Balaban J connectivity index is 2.07. The smallest absolute Gasteiger partial charge is 0.291 e. The number of aryl methyl sites for hydroxylation is 1. The number of rotatable bonds is 4. The first-order valence-corrected chi connectivity index (χ1v) is 8.20. The summed E-state index contributed by atoms with van der Waals surface area (Å²) in [5.41, 5.74) is 8.11. The number of nitrogens with two attached hydrogens (primary N) is 1. The van der Waals surface area contributed by atoms with Crippen LogP contribution in [0.5, 0.6) is 0 Å². The van der Waals surface area contributed by atoms with Crippen molar-refractivity contribution in [3.63, 3.8) is 0 Å². The SMILES string of the molecule is Cn1c2ccccc2c2c(Cc3cccnc3)nn(CC(N)=O)c(=O)c21. The summed E-state index contributed by atoms with van der Waals surface area (Å²) >= 11 is 0. The van der Waals surface area contributed by atoms with Gasteiger partial charge < -0.3 is 10.3 Å². The first-order valence-electron chi connectivity index (χ1n) is 8.20. The van der Waals surface area contributed by atoms with E-state index in [1.165, 1.54) is 0 Å². The fourth-order valence-corrected chi connectivity index (χ4v) is 3.37. The van der Waals surface area contributed by atoms with Crippen molar-refractivity contribution < 1.29 is 4.79 Å². The largest absolute Gasteiger partial charge is 0.368 e. The third-order valence-corrected chi connectivity index (χ3v) is 4.47. The molecule has 7 nitrogen and oxygen atoms in total. The van der Waals surface area contributed by atoms with Crippen LogP contribution in [0.25, 0.3) is 21.8 Å². The third kappa shape index (κ3) is 2.54. The van der Waals surface area contributed by atoms with Gasteiger partial charge in [0.1, 0.15) is 12.1 Å². The maximum atomic E-state index is 12.9. The molecule has 7 heteroatoms. The fraction of sp³-hybridized carbons (Fsp3) is 0.158. The topological polar surface area (TPSA) is 95.8 Å². The van der Waals surface area contributed by atoms with Crippen molar-refractivity contribution in [2.45, 2.75) is 13.0 Å². The van der Waals surface area contributed by atoms with Crippen LogP contribution in [0.3, 0.4) is 0 Å². The highest BCUT2D eigenvalue weighted by atomic mass is 16.2. The van der Waals surface area contributed by atoms with Crippen molar-refractivity contribution in [1.82, 2.24) is 19.3 Å². The molecule has 0 atom stereocenters. The molecule has 0 unspecified atom stereocenters. The lowest BCUT2D eigenvalue weighted by Crippen LogP contribution is -2.31. The van der Waals surface area contributed by atoms with Crippen LogP contribution in [-0.2, 0) is 24.8 Å². The molecule has 0 bridgehead atoms. The number of fused-ring (bicyclic) bond motifs is 3. The number of hydrogen-bond donors (Lipinski definition) is 1. The van der Waals surface area contributed by atoms with Crippen molar-refractivity contribution >= 4 is 27.7 Å². The van der Waals surface area contributed by atoms with Crippen molar-refractivity contribution in [3.05, 3.63) is 70.4 Å². The minimum atomic E-state index is -0.606. The molecule has 0 aliphatic carbocycles. The summed E-state index contributed by atoms with van der Waals surface area (Å²) in [6, 6.07) is 11.6. The van der Waals surface area contributed by atoms with Gasteiger partial charge in [0.05, 0.1) is 5.69 Å². The van der Waals surface area contributed by atoms with Crippen LogP contribution in [-0.4, -0.2) is 25.2 Å². The van der Waals surface area contributed by atoms with Gasteiger partial charge in [0, 0.05) is 42.2 Å². The molecule has 3 heterocycles. The van der Waals surface area contributed by atoms with E-state index in [0.717, 1.165) is 26.5 Å². The predicted octanol–water partition coefficient (Wildman–Crippen LogP) is 1.36. The second-order valence-corrected chi connectivity index (χ2v) is 6.21. The molecule has 0 aliphatic heterocycles. The zero-order valence-electron chi connectivity index (χ0n) is 14.2. The Kier molecular flexibility index (Phi) is 3.76. The monoisotopic (exact) mass is 347 g/mol. The molecule has 0 radical (unpaired) electrons. The van der Waals surface area contributed by atoms with Gasteiger partial charge in [-0.05, 0) is 17.7 Å². The quantitative estimate of drug-likeness (QED) is 0.603. The normalized spacial score (nSPS) is 11.3. The van der Waals surface area contributed by atoms with Gasteiger partial charge in [0.25, 0.3) is 5.56 Å². The van der Waals surface area contributed by atoms with Gasteiger partial charge in [-0.2, -0.15) is 5.10 Å². The molecule has 0 saturated carbocycles. The molecule has 0 spiro atoms. The zero-order chi connectivity index (χ0) is 18.3. The van der Waals surface area contributed by atoms with Crippen LogP contribution in [0.15, 0.2) is 53.6 Å². The maximum absolute atomic E-state index is 12.9. The minimum absolute atomic E-state index is 0.254. The Hall–Kier alpha value is -3.48. The Morgan fingerprint density at radius 2 is 2.00 bits per heavy atom. The fourth-order valence-electron chi connectivity index (χ4n) is 3.37.